The van der Waals surface area contributed by atoms with E-state index in [1.165, 1.54) is 0 Å². The van der Waals surface area contributed by atoms with Crippen molar-refractivity contribution in [2.75, 3.05) is 11.4 Å². The summed E-state index contributed by atoms with van der Waals surface area (Å²) in [6.45, 7) is 4.46. The van der Waals surface area contributed by atoms with Gasteiger partial charge in [-0.3, -0.25) is 4.79 Å². The van der Waals surface area contributed by atoms with Crippen LogP contribution in [0.25, 0.3) is 0 Å². The van der Waals surface area contributed by atoms with Crippen LogP contribution in [-0.2, 0) is 11.2 Å². The molecule has 4 heteroatoms. The van der Waals surface area contributed by atoms with E-state index in [0.717, 1.165) is 11.3 Å². The van der Waals surface area contributed by atoms with E-state index >= 15 is 0 Å². The first kappa shape index (κ1) is 13.2. The first-order valence-electron chi connectivity index (χ1n) is 6.56. The molecule has 0 spiro atoms. The fourth-order valence-electron chi connectivity index (χ4n) is 2.49. The molecule has 0 unspecified atom stereocenters. The van der Waals surface area contributed by atoms with Crippen LogP contribution in [0.15, 0.2) is 52.3 Å². The van der Waals surface area contributed by atoms with Gasteiger partial charge >= 0.3 is 0 Å². The summed E-state index contributed by atoms with van der Waals surface area (Å²) in [5.41, 5.74) is 2.34. The Morgan fingerprint density at radius 2 is 1.90 bits per heavy atom. The molecule has 2 aromatic carbocycles. The van der Waals surface area contributed by atoms with Crippen molar-refractivity contribution in [2.45, 2.75) is 23.6 Å². The van der Waals surface area contributed by atoms with Gasteiger partial charge < -0.3 is 9.45 Å². The highest BCUT2D eigenvalue weighted by Crippen LogP contribution is 2.36. The highest BCUT2D eigenvalue weighted by molar-refractivity contribution is 7.91. The molecular weight excluding hydrogens is 270 g/mol. The number of anilines is 1. The van der Waals surface area contributed by atoms with Crippen molar-refractivity contribution >= 4 is 22.8 Å². The molecular formula is C16H15NO2S. The van der Waals surface area contributed by atoms with Gasteiger partial charge in [0.1, 0.15) is 5.69 Å². The van der Waals surface area contributed by atoms with Crippen LogP contribution in [0.5, 0.6) is 0 Å². The second-order valence-electron chi connectivity index (χ2n) is 4.79. The number of aryl methyl sites for hydroxylation is 1. The Bertz CT molecular complexity index is 684. The summed E-state index contributed by atoms with van der Waals surface area (Å²) < 4.78 is 12.8. The van der Waals surface area contributed by atoms with E-state index in [0.29, 0.717) is 21.9 Å². The van der Waals surface area contributed by atoms with E-state index in [1.807, 2.05) is 44.2 Å². The Hall–Kier alpha value is -1.78. The fraction of sp³-hybridized carbons (Fsp3) is 0.188. The van der Waals surface area contributed by atoms with Crippen molar-refractivity contribution in [2.24, 2.45) is 0 Å². The molecule has 0 aliphatic carbocycles. The average molecular weight is 285 g/mol. The molecule has 0 radical (unpaired) electrons. The van der Waals surface area contributed by atoms with Crippen LogP contribution in [0, 0.1) is 6.92 Å². The fourth-order valence-corrected chi connectivity index (χ4v) is 3.83. The number of rotatable bonds is 1. The molecule has 20 heavy (non-hydrogen) atoms. The van der Waals surface area contributed by atoms with Gasteiger partial charge in [-0.15, -0.1) is 0 Å². The zero-order chi connectivity index (χ0) is 14.3. The van der Waals surface area contributed by atoms with Gasteiger partial charge in [-0.05, 0) is 43.7 Å². The van der Waals surface area contributed by atoms with Crippen molar-refractivity contribution < 1.29 is 9.35 Å². The summed E-state index contributed by atoms with van der Waals surface area (Å²) in [5, 5.41) is 0. The maximum atomic E-state index is 12.8. The van der Waals surface area contributed by atoms with Crippen LogP contribution in [-0.4, -0.2) is 17.0 Å². The number of hydrogen-bond donors (Lipinski definition) is 0. The number of carbonyl (C=O) groups excluding carboxylic acids is 1. The number of carbonyl (C=O) groups is 1. The highest BCUT2D eigenvalue weighted by Gasteiger charge is 2.34. The van der Waals surface area contributed by atoms with Gasteiger partial charge in [0, 0.05) is 17.7 Å². The Balaban J connectivity index is 2.31. The van der Waals surface area contributed by atoms with Crippen LogP contribution in [0.4, 0.5) is 5.69 Å². The first-order valence-corrected chi connectivity index (χ1v) is 7.71. The lowest BCUT2D eigenvalue weighted by atomic mass is 10.1. The molecule has 1 amide bonds. The molecule has 1 aliphatic heterocycles. The first-order chi connectivity index (χ1) is 9.63. The van der Waals surface area contributed by atoms with Gasteiger partial charge in [-0.25, -0.2) is 0 Å². The minimum Gasteiger partial charge on any atom is -0.606 e. The van der Waals surface area contributed by atoms with Gasteiger partial charge in [0.15, 0.2) is 9.79 Å². The topological polar surface area (TPSA) is 43.4 Å². The van der Waals surface area contributed by atoms with Crippen LogP contribution in [0.2, 0.25) is 0 Å². The molecule has 1 heterocycles. The minimum absolute atomic E-state index is 0.0826. The van der Waals surface area contributed by atoms with Crippen molar-refractivity contribution in [1.82, 2.24) is 0 Å². The zero-order valence-electron chi connectivity index (χ0n) is 11.4. The van der Waals surface area contributed by atoms with E-state index in [1.54, 1.807) is 17.0 Å². The molecule has 0 aromatic heterocycles. The molecule has 1 aliphatic rings. The summed E-state index contributed by atoms with van der Waals surface area (Å²) in [6, 6.07) is 12.9. The van der Waals surface area contributed by atoms with E-state index in [9.17, 15) is 9.35 Å². The van der Waals surface area contributed by atoms with Gasteiger partial charge in [-0.1, -0.05) is 18.2 Å². The smallest absolute Gasteiger partial charge is 0.263 e. The third-order valence-corrected chi connectivity index (χ3v) is 4.98. The summed E-state index contributed by atoms with van der Waals surface area (Å²) in [5.74, 6) is -0.0826. The van der Waals surface area contributed by atoms with E-state index in [-0.39, 0.29) is 5.91 Å². The normalized spacial score (nSPS) is 17.4. The lowest BCUT2D eigenvalue weighted by Crippen LogP contribution is -2.30. The van der Waals surface area contributed by atoms with Crippen LogP contribution in [0.1, 0.15) is 22.8 Å². The molecule has 0 N–H and O–H groups in total. The Labute approximate surface area is 121 Å². The number of nitrogens with zero attached hydrogens (tertiary/aromatic N) is 1. The third kappa shape index (κ3) is 1.92. The Morgan fingerprint density at radius 1 is 1.15 bits per heavy atom. The summed E-state index contributed by atoms with van der Waals surface area (Å²) in [4.78, 5) is 15.7. The molecule has 0 fully saturated rings. The van der Waals surface area contributed by atoms with Crippen molar-refractivity contribution in [3.8, 4) is 0 Å². The van der Waals surface area contributed by atoms with Crippen LogP contribution < -0.4 is 4.90 Å². The van der Waals surface area contributed by atoms with Crippen LogP contribution >= 0.6 is 0 Å². The lowest BCUT2D eigenvalue weighted by Gasteiger charge is -2.20. The maximum Gasteiger partial charge on any atom is 0.263 e. The molecule has 2 aromatic rings. The monoisotopic (exact) mass is 285 g/mol. The van der Waals surface area contributed by atoms with Gasteiger partial charge in [0.25, 0.3) is 5.91 Å². The second kappa shape index (κ2) is 4.96. The minimum atomic E-state index is -1.32. The number of fused-ring (bicyclic) bond motifs is 2. The quantitative estimate of drug-likeness (QED) is 0.755. The van der Waals surface area contributed by atoms with E-state index in [2.05, 4.69) is 0 Å². The second-order valence-corrected chi connectivity index (χ2v) is 6.20. The Morgan fingerprint density at radius 3 is 2.65 bits per heavy atom. The summed E-state index contributed by atoms with van der Waals surface area (Å²) >= 11 is -1.32. The van der Waals surface area contributed by atoms with Gasteiger partial charge in [0.05, 0.1) is 5.56 Å². The van der Waals surface area contributed by atoms with Crippen molar-refractivity contribution in [1.29, 1.82) is 0 Å². The van der Waals surface area contributed by atoms with Crippen LogP contribution in [0.3, 0.4) is 0 Å². The molecule has 1 atom stereocenters. The van der Waals surface area contributed by atoms with Crippen molar-refractivity contribution in [3.05, 3.63) is 53.6 Å². The SMILES string of the molecule is CCN1C(=O)c2ccccc2[S@@+]([O-])c2ccc(C)cc21. The number of benzene rings is 2. The predicted octanol–water partition coefficient (Wildman–Crippen LogP) is 3.14. The largest absolute Gasteiger partial charge is 0.606 e. The average Bonchev–Trinajstić information content (AvgIpc) is 2.55. The standard InChI is InChI=1S/C16H15NO2S/c1-3-17-13-10-11(2)8-9-15(13)20(19)14-7-5-4-6-12(14)16(17)18/h4-10H,3H2,1-2H3/t20-/m1/s1. The van der Waals surface area contributed by atoms with E-state index < -0.39 is 11.2 Å². The Kier molecular flexibility index (Phi) is 3.28. The molecule has 0 bridgehead atoms. The number of amides is 1. The third-order valence-electron chi connectivity index (χ3n) is 3.48. The van der Waals surface area contributed by atoms with Gasteiger partial charge in [0.2, 0.25) is 0 Å². The maximum absolute atomic E-state index is 12.8. The summed E-state index contributed by atoms with van der Waals surface area (Å²) in [6.07, 6.45) is 0. The number of hydrogen-bond acceptors (Lipinski definition) is 2. The zero-order valence-corrected chi connectivity index (χ0v) is 12.2. The molecule has 3 nitrogen and oxygen atoms in total. The molecule has 102 valence electrons. The molecule has 0 saturated carbocycles. The predicted molar refractivity (Wildman–Crippen MR) is 79.6 cm³/mol. The van der Waals surface area contributed by atoms with E-state index in [4.69, 9.17) is 0 Å². The summed E-state index contributed by atoms with van der Waals surface area (Å²) in [7, 11) is 0. The lowest BCUT2D eigenvalue weighted by molar-refractivity contribution is 0.0985. The molecule has 3 rings (SSSR count). The van der Waals surface area contributed by atoms with Crippen molar-refractivity contribution in [3.63, 3.8) is 0 Å². The highest BCUT2D eigenvalue weighted by atomic mass is 32.2. The molecule has 0 saturated heterocycles. The van der Waals surface area contributed by atoms with Gasteiger partial charge in [-0.2, -0.15) is 0 Å².